The molecule has 3 rings (SSSR count). The monoisotopic (exact) mass is 322 g/mol. The number of nitrogens with zero attached hydrogens (tertiary/aromatic N) is 4. The smallest absolute Gasteiger partial charge is 0.218 e. The van der Waals surface area contributed by atoms with Crippen molar-refractivity contribution in [1.29, 1.82) is 5.26 Å². The number of nitriles is 1. The lowest BCUT2D eigenvalue weighted by Crippen LogP contribution is -2.24. The van der Waals surface area contributed by atoms with Crippen molar-refractivity contribution in [1.82, 2.24) is 9.78 Å². The highest BCUT2D eigenvalue weighted by Gasteiger charge is 2.16. The Balaban J connectivity index is 2.27. The molecular formula is C13H5Cl2FN4O. The first kappa shape index (κ1) is 13.6. The molecule has 0 amide bonds. The average Bonchev–Trinajstić information content (AvgIpc) is 2.81. The van der Waals surface area contributed by atoms with E-state index < -0.39 is 5.82 Å². The number of pyridine rings is 1. The fourth-order valence-corrected chi connectivity index (χ4v) is 2.64. The highest BCUT2D eigenvalue weighted by Crippen LogP contribution is 2.30. The zero-order valence-corrected chi connectivity index (χ0v) is 11.7. The van der Waals surface area contributed by atoms with E-state index in [9.17, 15) is 9.60 Å². The number of halogens is 3. The van der Waals surface area contributed by atoms with Gasteiger partial charge in [0.05, 0.1) is 27.1 Å². The van der Waals surface area contributed by atoms with Crippen LogP contribution in [-0.4, -0.2) is 9.78 Å². The largest absolute Gasteiger partial charge is 0.619 e. The van der Waals surface area contributed by atoms with Gasteiger partial charge in [-0.3, -0.25) is 0 Å². The predicted molar refractivity (Wildman–Crippen MR) is 74.7 cm³/mol. The van der Waals surface area contributed by atoms with Gasteiger partial charge in [0.1, 0.15) is 11.2 Å². The van der Waals surface area contributed by atoms with Gasteiger partial charge in [-0.1, -0.05) is 23.2 Å². The Hall–Kier alpha value is -2.36. The molecule has 0 saturated carbocycles. The van der Waals surface area contributed by atoms with E-state index in [1.165, 1.54) is 29.2 Å². The molecule has 0 saturated heterocycles. The molecule has 0 atom stereocenters. The van der Waals surface area contributed by atoms with Gasteiger partial charge in [-0.25, -0.2) is 4.68 Å². The van der Waals surface area contributed by atoms with Crippen LogP contribution in [0.1, 0.15) is 5.56 Å². The van der Waals surface area contributed by atoms with Crippen LogP contribution in [0.15, 0.2) is 30.7 Å². The van der Waals surface area contributed by atoms with E-state index in [2.05, 4.69) is 5.10 Å². The van der Waals surface area contributed by atoms with Gasteiger partial charge >= 0.3 is 0 Å². The number of aromatic nitrogens is 3. The average molecular weight is 323 g/mol. The van der Waals surface area contributed by atoms with Crippen molar-refractivity contribution in [3.8, 4) is 11.8 Å². The quantitative estimate of drug-likeness (QED) is 0.511. The first-order chi connectivity index (χ1) is 9.99. The van der Waals surface area contributed by atoms with Crippen molar-refractivity contribution < 1.29 is 9.12 Å². The van der Waals surface area contributed by atoms with Crippen LogP contribution in [0.5, 0.6) is 0 Å². The fourth-order valence-electron chi connectivity index (χ4n) is 1.98. The van der Waals surface area contributed by atoms with E-state index in [1.54, 1.807) is 0 Å². The van der Waals surface area contributed by atoms with Gasteiger partial charge in [-0.15, -0.1) is 0 Å². The molecular weight excluding hydrogens is 318 g/mol. The van der Waals surface area contributed by atoms with Crippen LogP contribution in [-0.2, 0) is 0 Å². The molecule has 0 aliphatic rings. The summed E-state index contributed by atoms with van der Waals surface area (Å²) in [5, 5.41) is 24.8. The molecule has 21 heavy (non-hydrogen) atoms. The summed E-state index contributed by atoms with van der Waals surface area (Å²) in [7, 11) is 0. The number of hydrogen-bond donors (Lipinski definition) is 0. The molecule has 0 spiro atoms. The maximum Gasteiger partial charge on any atom is 0.218 e. The minimum absolute atomic E-state index is 0.0265. The fraction of sp³-hybridized carbons (Fsp3) is 0. The van der Waals surface area contributed by atoms with Gasteiger partial charge in [0.15, 0.2) is 6.20 Å². The molecule has 0 aliphatic carbocycles. The molecule has 2 aromatic heterocycles. The summed E-state index contributed by atoms with van der Waals surface area (Å²) in [6.45, 7) is 0. The zero-order valence-electron chi connectivity index (χ0n) is 10.2. The van der Waals surface area contributed by atoms with Crippen molar-refractivity contribution in [3.63, 3.8) is 0 Å². The van der Waals surface area contributed by atoms with Gasteiger partial charge in [0.2, 0.25) is 12.0 Å². The van der Waals surface area contributed by atoms with Crippen molar-refractivity contribution in [2.24, 2.45) is 0 Å². The van der Waals surface area contributed by atoms with Crippen LogP contribution in [0.3, 0.4) is 0 Å². The third-order valence-electron chi connectivity index (χ3n) is 2.85. The van der Waals surface area contributed by atoms with Gasteiger partial charge in [0, 0.05) is 6.20 Å². The van der Waals surface area contributed by atoms with E-state index in [0.29, 0.717) is 21.4 Å². The highest BCUT2D eigenvalue weighted by molar-refractivity contribution is 6.38. The molecule has 5 nitrogen and oxygen atoms in total. The zero-order chi connectivity index (χ0) is 15.1. The summed E-state index contributed by atoms with van der Waals surface area (Å²) < 4.78 is 15.3. The number of hydrogen-bond acceptors (Lipinski definition) is 3. The summed E-state index contributed by atoms with van der Waals surface area (Å²) in [4.78, 5) is 0. The third kappa shape index (κ3) is 2.27. The molecule has 1 aromatic carbocycles. The lowest BCUT2D eigenvalue weighted by Gasteiger charge is -2.07. The van der Waals surface area contributed by atoms with E-state index >= 15 is 0 Å². The molecule has 0 fully saturated rings. The Morgan fingerprint density at radius 3 is 2.57 bits per heavy atom. The molecule has 8 heteroatoms. The highest BCUT2D eigenvalue weighted by atomic mass is 35.5. The second-order valence-electron chi connectivity index (χ2n) is 4.24. The minimum atomic E-state index is -0.748. The Labute approximate surface area is 127 Å². The topological polar surface area (TPSA) is 68.5 Å². The van der Waals surface area contributed by atoms with Gasteiger partial charge in [-0.05, 0) is 12.1 Å². The number of benzene rings is 1. The van der Waals surface area contributed by atoms with Gasteiger partial charge < -0.3 is 5.21 Å². The third-order valence-corrected chi connectivity index (χ3v) is 3.43. The molecule has 0 N–H and O–H groups in total. The Morgan fingerprint density at radius 1 is 1.29 bits per heavy atom. The van der Waals surface area contributed by atoms with Crippen molar-refractivity contribution in [2.45, 2.75) is 0 Å². The molecule has 0 bridgehead atoms. The molecule has 0 unspecified atom stereocenters. The molecule has 3 aromatic rings. The Kier molecular flexibility index (Phi) is 3.16. The van der Waals surface area contributed by atoms with Crippen LogP contribution in [0.25, 0.3) is 16.6 Å². The van der Waals surface area contributed by atoms with Crippen LogP contribution >= 0.6 is 23.2 Å². The Bertz CT molecular complexity index is 893. The number of fused-ring (bicyclic) bond motifs is 1. The Morgan fingerprint density at radius 2 is 1.95 bits per heavy atom. The standard InChI is InChI=1S/C13H5Cl2FN4O/c14-9-1-7(3-17)2-10(15)13(9)20-5-8-4-19(21)6-11(16)12(8)18-20/h1-2,4-6H. The molecule has 0 aliphatic heterocycles. The van der Waals surface area contributed by atoms with Crippen LogP contribution in [0.2, 0.25) is 10.0 Å². The van der Waals surface area contributed by atoms with Gasteiger partial charge in [0.25, 0.3) is 0 Å². The van der Waals surface area contributed by atoms with Crippen LogP contribution < -0.4 is 4.73 Å². The van der Waals surface area contributed by atoms with E-state index in [4.69, 9.17) is 28.5 Å². The van der Waals surface area contributed by atoms with Crippen molar-refractivity contribution in [3.05, 3.63) is 57.4 Å². The molecule has 104 valence electrons. The van der Waals surface area contributed by atoms with Crippen molar-refractivity contribution >= 4 is 34.1 Å². The van der Waals surface area contributed by atoms with E-state index in [0.717, 1.165) is 6.20 Å². The maximum atomic E-state index is 13.7. The summed E-state index contributed by atoms with van der Waals surface area (Å²) in [6, 6.07) is 4.79. The summed E-state index contributed by atoms with van der Waals surface area (Å²) >= 11 is 12.2. The van der Waals surface area contributed by atoms with E-state index in [1.807, 2.05) is 6.07 Å². The lowest BCUT2D eigenvalue weighted by atomic mass is 10.2. The second kappa shape index (κ2) is 4.88. The summed E-state index contributed by atoms with van der Waals surface area (Å²) in [5.74, 6) is -0.748. The number of rotatable bonds is 1. The van der Waals surface area contributed by atoms with Gasteiger partial charge in [-0.2, -0.15) is 19.5 Å². The van der Waals surface area contributed by atoms with Crippen LogP contribution in [0, 0.1) is 22.4 Å². The molecule has 0 radical (unpaired) electrons. The lowest BCUT2D eigenvalue weighted by molar-refractivity contribution is -0.605. The van der Waals surface area contributed by atoms with Crippen molar-refractivity contribution in [2.75, 3.05) is 0 Å². The van der Waals surface area contributed by atoms with Crippen LogP contribution in [0.4, 0.5) is 4.39 Å². The first-order valence-corrected chi connectivity index (χ1v) is 6.42. The molecule has 2 heterocycles. The normalized spacial score (nSPS) is 10.8. The second-order valence-corrected chi connectivity index (χ2v) is 5.06. The SMILES string of the molecule is N#Cc1cc(Cl)c(-n2cc3c[n+]([O-])cc(F)c3n2)c(Cl)c1. The summed E-state index contributed by atoms with van der Waals surface area (Å²) in [6.07, 6.45) is 3.40. The summed E-state index contributed by atoms with van der Waals surface area (Å²) in [5.41, 5.74) is 0.637. The minimum Gasteiger partial charge on any atom is -0.619 e. The maximum absolute atomic E-state index is 13.7. The first-order valence-electron chi connectivity index (χ1n) is 5.67. The predicted octanol–water partition coefficient (Wildman–Crippen LogP) is 2.98. The van der Waals surface area contributed by atoms with E-state index in [-0.39, 0.29) is 15.6 Å².